The maximum atomic E-state index is 12.1. The molecule has 1 aliphatic carbocycles. The minimum Gasteiger partial charge on any atom is -0.490 e. The minimum absolute atomic E-state index is 0.209. The fourth-order valence-corrected chi connectivity index (χ4v) is 2.55. The molecule has 0 spiro atoms. The Kier molecular flexibility index (Phi) is 6.10. The van der Waals surface area contributed by atoms with Crippen LogP contribution in [0.15, 0.2) is 24.3 Å². The van der Waals surface area contributed by atoms with Crippen LogP contribution in [0, 0.1) is 5.92 Å². The maximum absolute atomic E-state index is 12.1. The predicted molar refractivity (Wildman–Crippen MR) is 87.3 cm³/mol. The summed E-state index contributed by atoms with van der Waals surface area (Å²) in [6.07, 6.45) is 3.78. The van der Waals surface area contributed by atoms with Gasteiger partial charge in [-0.25, -0.2) is 0 Å². The number of rotatable bonds is 9. The monoisotopic (exact) mass is 305 g/mol. The topological polar surface area (TPSA) is 38.8 Å². The molecule has 4 nitrogen and oxygen atoms in total. The second kappa shape index (κ2) is 8.06. The highest BCUT2D eigenvalue weighted by Crippen LogP contribution is 2.34. The first kappa shape index (κ1) is 16.7. The molecule has 122 valence electrons. The van der Waals surface area contributed by atoms with E-state index in [2.05, 4.69) is 6.92 Å². The Morgan fingerprint density at radius 1 is 1.27 bits per heavy atom. The summed E-state index contributed by atoms with van der Waals surface area (Å²) in [5.41, 5.74) is 0. The average Bonchev–Trinajstić information content (AvgIpc) is 3.36. The third-order valence-corrected chi connectivity index (χ3v) is 4.25. The number of amides is 1. The van der Waals surface area contributed by atoms with Gasteiger partial charge in [-0.3, -0.25) is 4.79 Å². The van der Waals surface area contributed by atoms with Crippen molar-refractivity contribution in [2.75, 3.05) is 20.3 Å². The smallest absolute Gasteiger partial charge is 0.222 e. The molecule has 1 saturated carbocycles. The number of hydrogen-bond acceptors (Lipinski definition) is 3. The molecule has 1 aromatic rings. The second-order valence-electron chi connectivity index (χ2n) is 5.91. The van der Waals surface area contributed by atoms with Crippen LogP contribution in [0.3, 0.4) is 0 Å². The second-order valence-corrected chi connectivity index (χ2v) is 5.91. The van der Waals surface area contributed by atoms with Crippen LogP contribution in [0.25, 0.3) is 0 Å². The highest BCUT2D eigenvalue weighted by atomic mass is 16.5. The van der Waals surface area contributed by atoms with Crippen LogP contribution in [0.2, 0.25) is 0 Å². The van der Waals surface area contributed by atoms with Crippen molar-refractivity contribution in [2.45, 2.75) is 45.6 Å². The van der Waals surface area contributed by atoms with Gasteiger partial charge >= 0.3 is 0 Å². The molecule has 1 unspecified atom stereocenters. The third kappa shape index (κ3) is 4.65. The van der Waals surface area contributed by atoms with Gasteiger partial charge in [0.05, 0.1) is 13.2 Å². The Morgan fingerprint density at radius 3 is 2.50 bits per heavy atom. The van der Waals surface area contributed by atoms with Crippen molar-refractivity contribution in [3.8, 4) is 11.5 Å². The first-order valence-electron chi connectivity index (χ1n) is 8.23. The number of carbonyl (C=O) groups is 1. The molecule has 1 amide bonds. The van der Waals surface area contributed by atoms with Crippen molar-refractivity contribution >= 4 is 5.91 Å². The lowest BCUT2D eigenvalue weighted by molar-refractivity contribution is -0.132. The van der Waals surface area contributed by atoms with Crippen molar-refractivity contribution in [1.29, 1.82) is 0 Å². The number of hydrogen-bond donors (Lipinski definition) is 0. The van der Waals surface area contributed by atoms with Crippen molar-refractivity contribution in [1.82, 2.24) is 4.90 Å². The van der Waals surface area contributed by atoms with Crippen LogP contribution in [0.4, 0.5) is 0 Å². The van der Waals surface area contributed by atoms with Crippen molar-refractivity contribution < 1.29 is 14.3 Å². The van der Waals surface area contributed by atoms with E-state index < -0.39 is 0 Å². The Hall–Kier alpha value is -1.71. The van der Waals surface area contributed by atoms with E-state index >= 15 is 0 Å². The molecule has 1 atom stereocenters. The lowest BCUT2D eigenvalue weighted by Crippen LogP contribution is -2.36. The van der Waals surface area contributed by atoms with Gasteiger partial charge in [-0.15, -0.1) is 0 Å². The van der Waals surface area contributed by atoms with E-state index in [1.54, 1.807) is 0 Å². The van der Waals surface area contributed by atoms with Gasteiger partial charge in [0.2, 0.25) is 5.91 Å². The highest BCUT2D eigenvalue weighted by Gasteiger charge is 2.32. The molecule has 1 fully saturated rings. The standard InChI is InChI=1S/C18H27NO3/c1-4-21-16-8-5-6-9-17(16)22-13-7-10-18(20)19(3)14(2)15-11-12-15/h5-6,8-9,14-15H,4,7,10-13H2,1-3H3. The maximum Gasteiger partial charge on any atom is 0.222 e. The Balaban J connectivity index is 1.71. The normalized spacial score (nSPS) is 15.2. The van der Waals surface area contributed by atoms with Gasteiger partial charge < -0.3 is 14.4 Å². The molecular formula is C18H27NO3. The number of carbonyl (C=O) groups excluding carboxylic acids is 1. The summed E-state index contributed by atoms with van der Waals surface area (Å²) in [5, 5.41) is 0. The zero-order chi connectivity index (χ0) is 15.9. The number of benzene rings is 1. The molecule has 1 aliphatic rings. The molecule has 0 radical (unpaired) electrons. The van der Waals surface area contributed by atoms with E-state index in [0.29, 0.717) is 31.6 Å². The first-order chi connectivity index (χ1) is 10.6. The molecule has 1 aromatic carbocycles. The third-order valence-electron chi connectivity index (χ3n) is 4.25. The largest absolute Gasteiger partial charge is 0.490 e. The lowest BCUT2D eigenvalue weighted by Gasteiger charge is -2.25. The number of ether oxygens (including phenoxy) is 2. The predicted octanol–water partition coefficient (Wildman–Crippen LogP) is 3.50. The van der Waals surface area contributed by atoms with E-state index in [4.69, 9.17) is 9.47 Å². The van der Waals surface area contributed by atoms with Gasteiger partial charge in [0, 0.05) is 19.5 Å². The SMILES string of the molecule is CCOc1ccccc1OCCCC(=O)N(C)C(C)C1CC1. The van der Waals surface area contributed by atoms with Gasteiger partial charge in [-0.05, 0) is 51.2 Å². The lowest BCUT2D eigenvalue weighted by atomic mass is 10.1. The average molecular weight is 305 g/mol. The van der Waals surface area contributed by atoms with Gasteiger partial charge in [-0.2, -0.15) is 0 Å². The summed E-state index contributed by atoms with van der Waals surface area (Å²) >= 11 is 0. The summed E-state index contributed by atoms with van der Waals surface area (Å²) in [5.74, 6) is 2.43. The van der Waals surface area contributed by atoms with E-state index in [9.17, 15) is 4.79 Å². The van der Waals surface area contributed by atoms with Gasteiger partial charge in [0.15, 0.2) is 11.5 Å². The van der Waals surface area contributed by atoms with Crippen molar-refractivity contribution in [3.05, 3.63) is 24.3 Å². The molecule has 0 heterocycles. The van der Waals surface area contributed by atoms with Crippen molar-refractivity contribution in [3.63, 3.8) is 0 Å². The fraction of sp³-hybridized carbons (Fsp3) is 0.611. The molecular weight excluding hydrogens is 278 g/mol. The zero-order valence-corrected chi connectivity index (χ0v) is 13.9. The zero-order valence-electron chi connectivity index (χ0n) is 13.9. The summed E-state index contributed by atoms with van der Waals surface area (Å²) in [6.45, 7) is 5.24. The van der Waals surface area contributed by atoms with Gasteiger partial charge in [0.25, 0.3) is 0 Å². The van der Waals surface area contributed by atoms with Crippen molar-refractivity contribution in [2.24, 2.45) is 5.92 Å². The van der Waals surface area contributed by atoms with E-state index in [-0.39, 0.29) is 5.91 Å². The summed E-state index contributed by atoms with van der Waals surface area (Å²) in [6, 6.07) is 8.01. The van der Waals surface area contributed by atoms with Crippen LogP contribution in [-0.2, 0) is 4.79 Å². The minimum atomic E-state index is 0.209. The summed E-state index contributed by atoms with van der Waals surface area (Å²) in [4.78, 5) is 14.0. The van der Waals surface area contributed by atoms with Crippen LogP contribution >= 0.6 is 0 Å². The quantitative estimate of drug-likeness (QED) is 0.655. The molecule has 0 saturated heterocycles. The molecule has 0 aliphatic heterocycles. The van der Waals surface area contributed by atoms with Crippen LogP contribution in [0.5, 0.6) is 11.5 Å². The van der Waals surface area contributed by atoms with Crippen LogP contribution in [-0.4, -0.2) is 37.1 Å². The molecule has 4 heteroatoms. The van der Waals surface area contributed by atoms with E-state index in [1.165, 1.54) is 12.8 Å². The fourth-order valence-electron chi connectivity index (χ4n) is 2.55. The van der Waals surface area contributed by atoms with E-state index in [1.807, 2.05) is 43.1 Å². The molecule has 0 N–H and O–H groups in total. The molecule has 22 heavy (non-hydrogen) atoms. The first-order valence-corrected chi connectivity index (χ1v) is 8.23. The van der Waals surface area contributed by atoms with Crippen LogP contribution < -0.4 is 9.47 Å². The van der Waals surface area contributed by atoms with Gasteiger partial charge in [0.1, 0.15) is 0 Å². The molecule has 0 bridgehead atoms. The van der Waals surface area contributed by atoms with E-state index in [0.717, 1.165) is 17.9 Å². The Bertz CT molecular complexity index is 485. The molecule has 2 rings (SSSR count). The highest BCUT2D eigenvalue weighted by molar-refractivity contribution is 5.76. The summed E-state index contributed by atoms with van der Waals surface area (Å²) in [7, 11) is 1.91. The summed E-state index contributed by atoms with van der Waals surface area (Å²) < 4.78 is 11.3. The number of nitrogens with zero attached hydrogens (tertiary/aromatic N) is 1. The van der Waals surface area contributed by atoms with Gasteiger partial charge in [-0.1, -0.05) is 12.1 Å². The van der Waals surface area contributed by atoms with Crippen LogP contribution in [0.1, 0.15) is 39.5 Å². The molecule has 0 aromatic heterocycles. The Morgan fingerprint density at radius 2 is 1.91 bits per heavy atom. The Labute approximate surface area is 133 Å². The number of para-hydroxylation sites is 2.